The first-order chi connectivity index (χ1) is 13.4. The zero-order chi connectivity index (χ0) is 23.0. The van der Waals surface area contributed by atoms with Gasteiger partial charge < -0.3 is 9.04 Å². The van der Waals surface area contributed by atoms with Gasteiger partial charge in [0.15, 0.2) is 5.50 Å². The molecule has 0 N–H and O–H groups in total. The van der Waals surface area contributed by atoms with Gasteiger partial charge >= 0.3 is 6.18 Å². The van der Waals surface area contributed by atoms with Gasteiger partial charge in [0.25, 0.3) is 0 Å². The topological polar surface area (TPSA) is 57.2 Å². The molecule has 9 heteroatoms. The minimum absolute atomic E-state index is 0.0649. The van der Waals surface area contributed by atoms with Gasteiger partial charge in [-0.3, -0.25) is 0 Å². The molecule has 0 amide bonds. The van der Waals surface area contributed by atoms with E-state index in [9.17, 15) is 30.5 Å². The summed E-state index contributed by atoms with van der Waals surface area (Å²) in [6, 6.07) is 0. The Morgan fingerprint density at radius 2 is 1.21 bits per heavy atom. The standard InChI is InChI=1S/C12H20N.C8H14F4O3S/c1-5-9-13(10-6-2,11-7-3)12-8-4;9-7(16(13,14)15)5-3-1-2-4-6-8(10,11)12/h5-8H,1-4,9-12H2;7H,1-6H2,(H,13,14,15)/q+1;/p-1. The molecule has 0 aromatic heterocycles. The van der Waals surface area contributed by atoms with Gasteiger partial charge in [-0.2, -0.15) is 13.2 Å². The van der Waals surface area contributed by atoms with Crippen LogP contribution < -0.4 is 0 Å². The monoisotopic (exact) mass is 443 g/mol. The average Bonchev–Trinajstić information content (AvgIpc) is 2.57. The predicted octanol–water partition coefficient (Wildman–Crippen LogP) is 5.28. The smallest absolute Gasteiger partial charge is 0.389 e. The second-order valence-electron chi connectivity index (χ2n) is 6.70. The second kappa shape index (κ2) is 15.4. The maximum absolute atomic E-state index is 12.5. The maximum atomic E-state index is 12.5. The molecule has 0 aliphatic heterocycles. The lowest BCUT2D eigenvalue weighted by Gasteiger charge is -2.35. The molecule has 0 aliphatic rings. The number of hydrogen-bond donors (Lipinski definition) is 0. The molecule has 0 spiro atoms. The summed E-state index contributed by atoms with van der Waals surface area (Å²) in [4.78, 5) is 0. The average molecular weight is 444 g/mol. The molecule has 0 aromatic carbocycles. The summed E-state index contributed by atoms with van der Waals surface area (Å²) in [5.74, 6) is 0. The first-order valence-electron chi connectivity index (χ1n) is 9.31. The van der Waals surface area contributed by atoms with Crippen molar-refractivity contribution in [3.8, 4) is 0 Å². The Hall–Kier alpha value is -1.45. The van der Waals surface area contributed by atoms with Gasteiger partial charge in [-0.05, 0) is 43.6 Å². The molecule has 29 heavy (non-hydrogen) atoms. The number of quaternary nitrogens is 1. The normalized spacial score (nSPS) is 13.0. The molecule has 0 saturated heterocycles. The quantitative estimate of drug-likeness (QED) is 0.114. The third-order valence-corrected chi connectivity index (χ3v) is 4.88. The van der Waals surface area contributed by atoms with Gasteiger partial charge in [0.05, 0.1) is 26.2 Å². The van der Waals surface area contributed by atoms with Gasteiger partial charge in [0, 0.05) is 6.42 Å². The van der Waals surface area contributed by atoms with Crippen molar-refractivity contribution in [1.82, 2.24) is 0 Å². The van der Waals surface area contributed by atoms with Crippen LogP contribution in [0.4, 0.5) is 17.6 Å². The highest BCUT2D eigenvalue weighted by atomic mass is 32.2. The first kappa shape index (κ1) is 29.7. The summed E-state index contributed by atoms with van der Waals surface area (Å²) in [6.07, 6.45) is 2.78. The second-order valence-corrected chi connectivity index (χ2v) is 8.19. The molecule has 0 aromatic rings. The number of alkyl halides is 4. The molecule has 170 valence electrons. The lowest BCUT2D eigenvalue weighted by atomic mass is 10.1. The Morgan fingerprint density at radius 3 is 1.52 bits per heavy atom. The van der Waals surface area contributed by atoms with E-state index >= 15 is 0 Å². The van der Waals surface area contributed by atoms with Crippen LogP contribution in [0.15, 0.2) is 50.6 Å². The van der Waals surface area contributed by atoms with Crippen molar-refractivity contribution >= 4 is 10.1 Å². The molecule has 0 rings (SSSR count). The van der Waals surface area contributed by atoms with E-state index in [4.69, 9.17) is 0 Å². The van der Waals surface area contributed by atoms with Crippen LogP contribution in [0.3, 0.4) is 0 Å². The Balaban J connectivity index is 0. The van der Waals surface area contributed by atoms with Gasteiger partial charge in [0.2, 0.25) is 0 Å². The van der Waals surface area contributed by atoms with Crippen LogP contribution in [0.25, 0.3) is 0 Å². The molecule has 0 radical (unpaired) electrons. The summed E-state index contributed by atoms with van der Waals surface area (Å²) in [6.45, 7) is 18.8. The van der Waals surface area contributed by atoms with Crippen molar-refractivity contribution in [2.24, 2.45) is 0 Å². The van der Waals surface area contributed by atoms with Crippen LogP contribution in [0.1, 0.15) is 38.5 Å². The minimum Gasteiger partial charge on any atom is -0.746 e. The van der Waals surface area contributed by atoms with Crippen molar-refractivity contribution in [2.45, 2.75) is 50.2 Å². The summed E-state index contributed by atoms with van der Waals surface area (Å²) >= 11 is 0. The number of unbranched alkanes of at least 4 members (excludes halogenated alkanes) is 3. The highest BCUT2D eigenvalue weighted by Gasteiger charge is 2.25. The van der Waals surface area contributed by atoms with Crippen LogP contribution in [-0.4, -0.2) is 55.3 Å². The molecule has 1 unspecified atom stereocenters. The van der Waals surface area contributed by atoms with E-state index in [0.717, 1.165) is 30.7 Å². The molecule has 0 saturated carbocycles. The molecule has 0 heterocycles. The highest BCUT2D eigenvalue weighted by molar-refractivity contribution is 7.86. The van der Waals surface area contributed by atoms with Crippen molar-refractivity contribution in [2.75, 3.05) is 26.2 Å². The van der Waals surface area contributed by atoms with E-state index in [0.29, 0.717) is 0 Å². The SMILES string of the molecule is C=CC[N+](CC=C)(CC=C)CC=C.O=S(=O)([O-])C(F)CCCCCCC(F)(F)F. The highest BCUT2D eigenvalue weighted by Crippen LogP contribution is 2.23. The molecule has 4 nitrogen and oxygen atoms in total. The minimum atomic E-state index is -4.92. The van der Waals surface area contributed by atoms with E-state index in [1.165, 1.54) is 0 Å². The predicted molar refractivity (Wildman–Crippen MR) is 109 cm³/mol. The number of nitrogens with zero attached hydrogens (tertiary/aromatic N) is 1. The van der Waals surface area contributed by atoms with Crippen molar-refractivity contribution < 1.29 is 35.0 Å². The van der Waals surface area contributed by atoms with E-state index < -0.39 is 34.6 Å². The van der Waals surface area contributed by atoms with E-state index in [1.807, 2.05) is 24.3 Å². The van der Waals surface area contributed by atoms with Gasteiger partial charge in [-0.15, -0.1) is 0 Å². The van der Waals surface area contributed by atoms with E-state index in [2.05, 4.69) is 26.3 Å². The molecule has 1 atom stereocenters. The summed E-state index contributed by atoms with van der Waals surface area (Å²) in [5.41, 5.74) is -2.45. The Morgan fingerprint density at radius 1 is 0.828 bits per heavy atom. The number of halogens is 4. The van der Waals surface area contributed by atoms with Crippen LogP contribution in [0.2, 0.25) is 0 Å². The Labute approximate surface area is 172 Å². The zero-order valence-electron chi connectivity index (χ0n) is 16.9. The molecule has 0 aliphatic carbocycles. The first-order valence-corrected chi connectivity index (χ1v) is 10.8. The summed E-state index contributed by atoms with van der Waals surface area (Å²) < 4.78 is 78.7. The molecular weight excluding hydrogens is 410 g/mol. The summed E-state index contributed by atoms with van der Waals surface area (Å²) in [7, 11) is -4.92. The third kappa shape index (κ3) is 17.1. The fourth-order valence-electron chi connectivity index (χ4n) is 2.67. The van der Waals surface area contributed by atoms with E-state index in [-0.39, 0.29) is 25.7 Å². The largest absolute Gasteiger partial charge is 0.746 e. The van der Waals surface area contributed by atoms with Gasteiger partial charge in [0.1, 0.15) is 10.1 Å². The maximum Gasteiger partial charge on any atom is 0.389 e. The fourth-order valence-corrected chi connectivity index (χ4v) is 3.13. The van der Waals surface area contributed by atoms with Gasteiger partial charge in [-0.1, -0.05) is 39.2 Å². The van der Waals surface area contributed by atoms with Crippen LogP contribution in [0.5, 0.6) is 0 Å². The lowest BCUT2D eigenvalue weighted by molar-refractivity contribution is -0.906. The van der Waals surface area contributed by atoms with Crippen molar-refractivity contribution in [1.29, 1.82) is 0 Å². The van der Waals surface area contributed by atoms with Crippen LogP contribution >= 0.6 is 0 Å². The van der Waals surface area contributed by atoms with Gasteiger partial charge in [-0.25, -0.2) is 12.8 Å². The Bertz CT molecular complexity index is 544. The summed E-state index contributed by atoms with van der Waals surface area (Å²) in [5, 5.41) is 0. The van der Waals surface area contributed by atoms with Crippen molar-refractivity contribution in [3.05, 3.63) is 50.6 Å². The fraction of sp³-hybridized carbons (Fsp3) is 0.600. The number of hydrogen-bond acceptors (Lipinski definition) is 3. The van der Waals surface area contributed by atoms with E-state index in [1.54, 1.807) is 0 Å². The Kier molecular flexibility index (Phi) is 15.8. The lowest BCUT2D eigenvalue weighted by Crippen LogP contribution is -2.48. The van der Waals surface area contributed by atoms with Crippen LogP contribution in [-0.2, 0) is 10.1 Å². The third-order valence-electron chi connectivity index (χ3n) is 4.02. The van der Waals surface area contributed by atoms with Crippen molar-refractivity contribution in [3.63, 3.8) is 0 Å². The molecule has 0 bridgehead atoms. The van der Waals surface area contributed by atoms with Crippen LogP contribution in [0, 0.1) is 0 Å². The molecular formula is C20H33F4NO3S. The number of rotatable bonds is 15. The molecule has 0 fully saturated rings. The zero-order valence-corrected chi connectivity index (χ0v) is 17.7.